The van der Waals surface area contributed by atoms with Crippen molar-refractivity contribution in [3.63, 3.8) is 0 Å². The highest BCUT2D eigenvalue weighted by Crippen LogP contribution is 2.32. The van der Waals surface area contributed by atoms with E-state index in [2.05, 4.69) is 16.5 Å². The van der Waals surface area contributed by atoms with Crippen molar-refractivity contribution in [2.24, 2.45) is 5.92 Å². The van der Waals surface area contributed by atoms with Gasteiger partial charge in [0, 0.05) is 6.04 Å². The number of rotatable bonds is 9. The molecule has 2 unspecified atom stereocenters. The number of benzene rings is 1. The molecule has 1 saturated heterocycles. The number of carbonyl (C=O) groups is 1. The number of hydrogen-bond acceptors (Lipinski definition) is 3. The van der Waals surface area contributed by atoms with Gasteiger partial charge >= 0.3 is 8.05 Å². The molecule has 1 aromatic rings. The summed E-state index contributed by atoms with van der Waals surface area (Å²) in [5.41, 5.74) is 1.18. The fraction of sp³-hybridized carbons (Fsp3) is 0.632. The lowest BCUT2D eigenvalue weighted by atomic mass is 9.96. The molecule has 5 heteroatoms. The molecule has 1 aliphatic heterocycles. The zero-order chi connectivity index (χ0) is 17.4. The molecule has 0 aliphatic carbocycles. The van der Waals surface area contributed by atoms with Gasteiger partial charge in [-0.05, 0) is 62.9 Å². The standard InChI is InChI=1S/C19H27BFNO2/c1-2-3-6-16(19(23)24-20)7-4-13-22-14-5-8-18(22)15-9-11-17(21)12-10-15/h9-12,16,18H,2-8,13-14H2,1H3. The lowest BCUT2D eigenvalue weighted by Crippen LogP contribution is -2.26. The van der Waals surface area contributed by atoms with Crippen molar-refractivity contribution in [3.8, 4) is 0 Å². The van der Waals surface area contributed by atoms with Gasteiger partial charge in [-0.3, -0.25) is 9.69 Å². The molecular weight excluding hydrogens is 304 g/mol. The third kappa shape index (κ3) is 5.33. The lowest BCUT2D eigenvalue weighted by Gasteiger charge is -2.25. The Morgan fingerprint density at radius 3 is 2.71 bits per heavy atom. The molecule has 2 radical (unpaired) electrons. The van der Waals surface area contributed by atoms with E-state index in [-0.39, 0.29) is 17.7 Å². The van der Waals surface area contributed by atoms with Crippen molar-refractivity contribution in [3.05, 3.63) is 35.6 Å². The molecule has 2 atom stereocenters. The van der Waals surface area contributed by atoms with E-state index in [1.165, 1.54) is 17.7 Å². The van der Waals surface area contributed by atoms with Gasteiger partial charge in [0.1, 0.15) is 5.82 Å². The summed E-state index contributed by atoms with van der Waals surface area (Å²) in [4.78, 5) is 14.2. The van der Waals surface area contributed by atoms with Crippen LogP contribution >= 0.6 is 0 Å². The Kier molecular flexibility index (Phi) is 7.77. The van der Waals surface area contributed by atoms with E-state index in [9.17, 15) is 9.18 Å². The van der Waals surface area contributed by atoms with Crippen LogP contribution in [0.25, 0.3) is 0 Å². The summed E-state index contributed by atoms with van der Waals surface area (Å²) in [5, 5.41) is 0. The largest absolute Gasteiger partial charge is 0.543 e. The van der Waals surface area contributed by atoms with Gasteiger partial charge in [0.05, 0.1) is 5.92 Å². The summed E-state index contributed by atoms with van der Waals surface area (Å²) in [6.45, 7) is 4.12. The molecule has 0 spiro atoms. The zero-order valence-corrected chi connectivity index (χ0v) is 14.5. The molecule has 0 saturated carbocycles. The van der Waals surface area contributed by atoms with E-state index in [1.54, 1.807) is 0 Å². The highest BCUT2D eigenvalue weighted by molar-refractivity contribution is 6.05. The third-order valence-electron chi connectivity index (χ3n) is 4.97. The van der Waals surface area contributed by atoms with Crippen LogP contribution in [-0.2, 0) is 9.45 Å². The molecule has 0 aromatic heterocycles. The predicted octanol–water partition coefficient (Wildman–Crippen LogP) is 4.18. The van der Waals surface area contributed by atoms with Crippen LogP contribution in [0.2, 0.25) is 0 Å². The van der Waals surface area contributed by atoms with Gasteiger partial charge in [0.25, 0.3) is 5.97 Å². The van der Waals surface area contributed by atoms with Crippen LogP contribution in [0.5, 0.6) is 0 Å². The van der Waals surface area contributed by atoms with Gasteiger partial charge in [-0.1, -0.05) is 31.9 Å². The number of unbranched alkanes of at least 4 members (excludes halogenated alkanes) is 1. The normalized spacial score (nSPS) is 19.3. The average Bonchev–Trinajstić information content (AvgIpc) is 3.06. The van der Waals surface area contributed by atoms with Gasteiger partial charge in [-0.15, -0.1) is 0 Å². The Bertz CT molecular complexity index is 509. The highest BCUT2D eigenvalue weighted by atomic mass is 19.1. The van der Waals surface area contributed by atoms with Crippen molar-refractivity contribution in [1.29, 1.82) is 0 Å². The van der Waals surface area contributed by atoms with Crippen molar-refractivity contribution < 1.29 is 13.8 Å². The van der Waals surface area contributed by atoms with Crippen molar-refractivity contribution in [2.45, 2.75) is 57.9 Å². The molecule has 130 valence electrons. The Labute approximate surface area is 146 Å². The molecule has 3 nitrogen and oxygen atoms in total. The fourth-order valence-electron chi connectivity index (χ4n) is 3.62. The van der Waals surface area contributed by atoms with Crippen LogP contribution in [0.15, 0.2) is 24.3 Å². The molecule has 0 N–H and O–H groups in total. The van der Waals surface area contributed by atoms with Crippen LogP contribution in [0.4, 0.5) is 4.39 Å². The first-order valence-corrected chi connectivity index (χ1v) is 9.05. The number of carbonyl (C=O) groups excluding carboxylic acids is 1. The third-order valence-corrected chi connectivity index (χ3v) is 4.97. The van der Waals surface area contributed by atoms with Crippen molar-refractivity contribution in [2.75, 3.05) is 13.1 Å². The van der Waals surface area contributed by atoms with Gasteiger partial charge in [0.2, 0.25) is 0 Å². The van der Waals surface area contributed by atoms with Gasteiger partial charge < -0.3 is 4.65 Å². The number of hydrogen-bond donors (Lipinski definition) is 0. The van der Waals surface area contributed by atoms with E-state index < -0.39 is 0 Å². The van der Waals surface area contributed by atoms with Gasteiger partial charge in [-0.2, -0.15) is 0 Å². The number of halogens is 1. The van der Waals surface area contributed by atoms with E-state index >= 15 is 0 Å². The topological polar surface area (TPSA) is 29.5 Å². The lowest BCUT2D eigenvalue weighted by molar-refractivity contribution is -0.139. The molecule has 24 heavy (non-hydrogen) atoms. The molecule has 0 amide bonds. The zero-order valence-electron chi connectivity index (χ0n) is 14.5. The Morgan fingerprint density at radius 1 is 1.33 bits per heavy atom. The van der Waals surface area contributed by atoms with E-state index in [0.717, 1.165) is 58.0 Å². The fourth-order valence-corrected chi connectivity index (χ4v) is 3.62. The monoisotopic (exact) mass is 331 g/mol. The SMILES string of the molecule is [B]OC(=O)C(CCCC)CCCN1CCCC1c1ccc(F)cc1. The smallest absolute Gasteiger partial charge is 0.378 e. The molecule has 1 aliphatic rings. The van der Waals surface area contributed by atoms with Crippen LogP contribution < -0.4 is 0 Å². The number of nitrogens with zero attached hydrogens (tertiary/aromatic N) is 1. The Balaban J connectivity index is 1.85. The molecular formula is C19H27BFNO2. The second kappa shape index (κ2) is 9.82. The second-order valence-electron chi connectivity index (χ2n) is 6.66. The van der Waals surface area contributed by atoms with Crippen LogP contribution in [0.1, 0.15) is 63.5 Å². The molecule has 1 fully saturated rings. The minimum atomic E-state index is -0.292. The van der Waals surface area contributed by atoms with Crippen molar-refractivity contribution in [1.82, 2.24) is 4.90 Å². The maximum Gasteiger partial charge on any atom is 0.378 e. The van der Waals surface area contributed by atoms with Gasteiger partial charge in [-0.25, -0.2) is 4.39 Å². The van der Waals surface area contributed by atoms with Crippen LogP contribution in [0.3, 0.4) is 0 Å². The molecule has 1 heterocycles. The maximum atomic E-state index is 13.1. The Hall–Kier alpha value is -1.36. The molecule has 2 rings (SSSR count). The van der Waals surface area contributed by atoms with Gasteiger partial charge in [0.15, 0.2) is 0 Å². The summed E-state index contributed by atoms with van der Waals surface area (Å²) >= 11 is 0. The summed E-state index contributed by atoms with van der Waals surface area (Å²) in [6, 6.07) is 7.19. The van der Waals surface area contributed by atoms with Crippen molar-refractivity contribution >= 4 is 14.0 Å². The first-order chi connectivity index (χ1) is 11.7. The number of likely N-dealkylation sites (tertiary alicyclic amines) is 1. The summed E-state index contributed by atoms with van der Waals surface area (Å²) in [6.07, 6.45) is 6.94. The maximum absolute atomic E-state index is 13.1. The average molecular weight is 331 g/mol. The molecule has 0 bridgehead atoms. The van der Waals surface area contributed by atoms with E-state index in [0.29, 0.717) is 6.04 Å². The quantitative estimate of drug-likeness (QED) is 0.636. The second-order valence-corrected chi connectivity index (χ2v) is 6.66. The minimum Gasteiger partial charge on any atom is -0.543 e. The summed E-state index contributed by atoms with van der Waals surface area (Å²) in [5.74, 6) is -0.579. The summed E-state index contributed by atoms with van der Waals surface area (Å²) < 4.78 is 17.6. The minimum absolute atomic E-state index is 0.0955. The van der Waals surface area contributed by atoms with E-state index in [4.69, 9.17) is 8.05 Å². The first kappa shape index (κ1) is 19.0. The predicted molar refractivity (Wildman–Crippen MR) is 94.0 cm³/mol. The Morgan fingerprint density at radius 2 is 2.04 bits per heavy atom. The first-order valence-electron chi connectivity index (χ1n) is 9.05. The van der Waals surface area contributed by atoms with E-state index in [1.807, 2.05) is 12.1 Å². The van der Waals surface area contributed by atoms with Crippen LogP contribution in [0, 0.1) is 11.7 Å². The van der Waals surface area contributed by atoms with Crippen LogP contribution in [-0.4, -0.2) is 32.0 Å². The molecule has 1 aromatic carbocycles. The highest BCUT2D eigenvalue weighted by Gasteiger charge is 2.26. The summed E-state index contributed by atoms with van der Waals surface area (Å²) in [7, 11) is 5.06.